The number of nitrogens with zero attached hydrogens (tertiary/aromatic N) is 4. The van der Waals surface area contributed by atoms with Crippen LogP contribution in [0.25, 0.3) is 5.69 Å². The van der Waals surface area contributed by atoms with Gasteiger partial charge in [-0.05, 0) is 36.4 Å². The molecule has 2 aromatic heterocycles. The third-order valence-corrected chi connectivity index (χ3v) is 6.18. The highest BCUT2D eigenvalue weighted by Crippen LogP contribution is 2.47. The first-order valence-corrected chi connectivity index (χ1v) is 9.94. The molecule has 0 spiro atoms. The lowest BCUT2D eigenvalue weighted by Crippen LogP contribution is -2.30. The Balaban J connectivity index is 1.63. The van der Waals surface area contributed by atoms with Crippen molar-refractivity contribution < 1.29 is 4.39 Å². The SMILES string of the molecule is C[C@@H]1CN2C(=N[C@@H](c3ccccn3)[C@@H]2c2cccn2-c2ccccc2F)S1. The van der Waals surface area contributed by atoms with Crippen LogP contribution in [0.3, 0.4) is 0 Å². The number of benzene rings is 1. The van der Waals surface area contributed by atoms with Crippen molar-refractivity contribution in [2.45, 2.75) is 24.3 Å². The summed E-state index contributed by atoms with van der Waals surface area (Å²) < 4.78 is 16.4. The summed E-state index contributed by atoms with van der Waals surface area (Å²) in [6.07, 6.45) is 3.73. The number of hydrogen-bond acceptors (Lipinski definition) is 4. The third kappa shape index (κ3) is 2.75. The molecule has 1 aromatic carbocycles. The van der Waals surface area contributed by atoms with E-state index in [1.807, 2.05) is 53.4 Å². The van der Waals surface area contributed by atoms with Gasteiger partial charge in [0.1, 0.15) is 11.9 Å². The van der Waals surface area contributed by atoms with Crippen LogP contribution in [-0.2, 0) is 0 Å². The molecule has 2 aliphatic heterocycles. The molecule has 1 saturated heterocycles. The Morgan fingerprint density at radius 2 is 1.93 bits per heavy atom. The molecule has 2 aliphatic rings. The fourth-order valence-electron chi connectivity index (χ4n) is 3.94. The zero-order valence-electron chi connectivity index (χ0n) is 14.9. The highest BCUT2D eigenvalue weighted by molar-refractivity contribution is 8.14. The van der Waals surface area contributed by atoms with Crippen LogP contribution in [0.2, 0.25) is 0 Å². The summed E-state index contributed by atoms with van der Waals surface area (Å²) in [4.78, 5) is 11.9. The van der Waals surface area contributed by atoms with Gasteiger partial charge in [0.15, 0.2) is 5.17 Å². The quantitative estimate of drug-likeness (QED) is 0.668. The predicted molar refractivity (Wildman–Crippen MR) is 107 cm³/mol. The van der Waals surface area contributed by atoms with Gasteiger partial charge in [-0.25, -0.2) is 4.39 Å². The van der Waals surface area contributed by atoms with Gasteiger partial charge in [0.25, 0.3) is 0 Å². The Hall–Kier alpha value is -2.60. The molecule has 0 aliphatic carbocycles. The lowest BCUT2D eigenvalue weighted by molar-refractivity contribution is 0.312. The molecule has 0 radical (unpaired) electrons. The molecular weight excluding hydrogens is 359 g/mol. The first kappa shape index (κ1) is 16.6. The van der Waals surface area contributed by atoms with Crippen LogP contribution >= 0.6 is 11.8 Å². The zero-order valence-corrected chi connectivity index (χ0v) is 15.7. The summed E-state index contributed by atoms with van der Waals surface area (Å²) in [5.41, 5.74) is 2.54. The van der Waals surface area contributed by atoms with E-state index in [0.717, 1.165) is 23.1 Å². The van der Waals surface area contributed by atoms with Crippen LogP contribution in [0.5, 0.6) is 0 Å². The normalized spacial score (nSPS) is 24.1. The summed E-state index contributed by atoms with van der Waals surface area (Å²) in [5.74, 6) is -0.229. The molecule has 0 saturated carbocycles. The fraction of sp³-hybridized carbons (Fsp3) is 0.238. The van der Waals surface area contributed by atoms with Crippen molar-refractivity contribution in [2.75, 3.05) is 6.54 Å². The monoisotopic (exact) mass is 378 g/mol. The number of amidine groups is 1. The van der Waals surface area contributed by atoms with E-state index in [2.05, 4.69) is 22.9 Å². The highest BCUT2D eigenvalue weighted by Gasteiger charge is 2.44. The average molecular weight is 378 g/mol. The molecule has 0 N–H and O–H groups in total. The average Bonchev–Trinajstić information content (AvgIpc) is 3.36. The smallest absolute Gasteiger partial charge is 0.160 e. The van der Waals surface area contributed by atoms with Crippen LogP contribution < -0.4 is 0 Å². The third-order valence-electron chi connectivity index (χ3n) is 5.08. The topological polar surface area (TPSA) is 33.4 Å². The van der Waals surface area contributed by atoms with Crippen molar-refractivity contribution in [3.8, 4) is 5.69 Å². The van der Waals surface area contributed by atoms with E-state index in [4.69, 9.17) is 4.99 Å². The lowest BCUT2D eigenvalue weighted by atomic mass is 10.0. The molecule has 4 nitrogen and oxygen atoms in total. The Morgan fingerprint density at radius 3 is 2.74 bits per heavy atom. The number of pyridine rings is 1. The highest BCUT2D eigenvalue weighted by atomic mass is 32.2. The molecule has 1 fully saturated rings. The molecule has 3 aromatic rings. The number of rotatable bonds is 3. The summed E-state index contributed by atoms with van der Waals surface area (Å²) in [6.45, 7) is 3.15. The van der Waals surface area contributed by atoms with E-state index in [1.54, 1.807) is 17.8 Å². The fourth-order valence-corrected chi connectivity index (χ4v) is 5.03. The summed E-state index contributed by atoms with van der Waals surface area (Å²) >= 11 is 1.81. The number of aliphatic imine (C=N–C) groups is 1. The van der Waals surface area contributed by atoms with E-state index in [9.17, 15) is 4.39 Å². The van der Waals surface area contributed by atoms with Crippen LogP contribution in [0.4, 0.5) is 4.39 Å². The molecule has 6 heteroatoms. The maximum Gasteiger partial charge on any atom is 0.160 e. The van der Waals surface area contributed by atoms with E-state index in [0.29, 0.717) is 10.9 Å². The van der Waals surface area contributed by atoms with E-state index >= 15 is 0 Å². The Kier molecular flexibility index (Phi) is 4.01. The summed E-state index contributed by atoms with van der Waals surface area (Å²) in [7, 11) is 0. The Bertz CT molecular complexity index is 1000. The van der Waals surface area contributed by atoms with Crippen molar-refractivity contribution in [1.82, 2.24) is 14.5 Å². The van der Waals surface area contributed by atoms with Crippen LogP contribution in [0.15, 0.2) is 72.0 Å². The summed E-state index contributed by atoms with van der Waals surface area (Å²) in [5, 5.41) is 1.55. The number of halogens is 1. The standard InChI is InChI=1S/C21H19FN4S/c1-14-13-26-20(19(24-21(26)27-14)16-8-4-5-11-23-16)18-10-6-12-25(18)17-9-3-2-7-15(17)22/h2-12,14,19-20H,13H2,1H3/t14-,19+,20+/m1/s1. The lowest BCUT2D eigenvalue weighted by Gasteiger charge is -2.28. The van der Waals surface area contributed by atoms with Gasteiger partial charge in [-0.15, -0.1) is 0 Å². The molecular formula is C21H19FN4S. The van der Waals surface area contributed by atoms with Crippen molar-refractivity contribution in [1.29, 1.82) is 0 Å². The minimum atomic E-state index is -0.229. The zero-order chi connectivity index (χ0) is 18.4. The van der Waals surface area contributed by atoms with Gasteiger partial charge in [-0.1, -0.05) is 36.9 Å². The second-order valence-corrected chi connectivity index (χ2v) is 8.30. The first-order valence-electron chi connectivity index (χ1n) is 9.06. The number of para-hydroxylation sites is 1. The van der Waals surface area contributed by atoms with Gasteiger partial charge in [-0.3, -0.25) is 9.98 Å². The van der Waals surface area contributed by atoms with Crippen LogP contribution in [0.1, 0.15) is 30.4 Å². The molecule has 5 rings (SSSR count). The second kappa shape index (κ2) is 6.53. The van der Waals surface area contributed by atoms with Crippen molar-refractivity contribution in [3.63, 3.8) is 0 Å². The van der Waals surface area contributed by atoms with Crippen molar-refractivity contribution in [2.24, 2.45) is 4.99 Å². The molecule has 0 unspecified atom stereocenters. The van der Waals surface area contributed by atoms with Crippen LogP contribution in [0, 0.1) is 5.82 Å². The van der Waals surface area contributed by atoms with Gasteiger partial charge in [0, 0.05) is 29.9 Å². The number of hydrogen-bond donors (Lipinski definition) is 0. The molecule has 136 valence electrons. The predicted octanol–water partition coefficient (Wildman–Crippen LogP) is 4.60. The van der Waals surface area contributed by atoms with Crippen molar-refractivity contribution >= 4 is 16.9 Å². The van der Waals surface area contributed by atoms with Gasteiger partial charge in [0.05, 0.1) is 17.4 Å². The van der Waals surface area contributed by atoms with Crippen molar-refractivity contribution in [3.05, 3.63) is 84.2 Å². The molecule has 27 heavy (non-hydrogen) atoms. The molecule has 3 atom stereocenters. The number of thioether (sulfide) groups is 1. The minimum Gasteiger partial charge on any atom is -0.339 e. The first-order chi connectivity index (χ1) is 13.2. The second-order valence-electron chi connectivity index (χ2n) is 6.89. The van der Waals surface area contributed by atoms with E-state index in [-0.39, 0.29) is 17.9 Å². The number of aromatic nitrogens is 2. The Morgan fingerprint density at radius 1 is 1.07 bits per heavy atom. The minimum absolute atomic E-state index is 0.00181. The molecule has 0 bridgehead atoms. The van der Waals surface area contributed by atoms with Gasteiger partial charge < -0.3 is 9.47 Å². The Labute approximate surface area is 161 Å². The largest absolute Gasteiger partial charge is 0.339 e. The van der Waals surface area contributed by atoms with Gasteiger partial charge >= 0.3 is 0 Å². The van der Waals surface area contributed by atoms with Gasteiger partial charge in [0.2, 0.25) is 0 Å². The van der Waals surface area contributed by atoms with Crippen LogP contribution in [-0.4, -0.2) is 31.4 Å². The maximum atomic E-state index is 14.5. The molecule has 4 heterocycles. The van der Waals surface area contributed by atoms with Gasteiger partial charge in [-0.2, -0.15) is 0 Å². The summed E-state index contributed by atoms with van der Waals surface area (Å²) in [6, 6.07) is 16.8. The molecule has 0 amide bonds. The van der Waals surface area contributed by atoms with E-state index < -0.39 is 0 Å². The van der Waals surface area contributed by atoms with E-state index in [1.165, 1.54) is 6.07 Å². The maximum absolute atomic E-state index is 14.5. The number of fused-ring (bicyclic) bond motifs is 1.